The molecule has 0 amide bonds. The molecule has 0 aliphatic rings. The van der Waals surface area contributed by atoms with Crippen molar-refractivity contribution in [3.63, 3.8) is 0 Å². The van der Waals surface area contributed by atoms with Crippen molar-refractivity contribution < 1.29 is 0 Å². The van der Waals surface area contributed by atoms with E-state index >= 15 is 0 Å². The number of para-hydroxylation sites is 1. The lowest BCUT2D eigenvalue weighted by Gasteiger charge is -2.10. The SMILES string of the molecule is Clc1ccc(Br)c(Nc2nc(Cl)nc3ccccc23)c1. The summed E-state index contributed by atoms with van der Waals surface area (Å²) in [5.74, 6) is 0.642. The number of nitrogens with zero attached hydrogens (tertiary/aromatic N) is 2. The molecule has 0 bridgehead atoms. The van der Waals surface area contributed by atoms with Crippen molar-refractivity contribution in [2.45, 2.75) is 0 Å². The molecule has 0 saturated carbocycles. The topological polar surface area (TPSA) is 37.8 Å². The van der Waals surface area contributed by atoms with E-state index in [-0.39, 0.29) is 5.28 Å². The van der Waals surface area contributed by atoms with Crippen molar-refractivity contribution in [3.05, 3.63) is 57.2 Å². The van der Waals surface area contributed by atoms with Gasteiger partial charge in [-0.2, -0.15) is 4.98 Å². The lowest BCUT2D eigenvalue weighted by molar-refractivity contribution is 1.22. The lowest BCUT2D eigenvalue weighted by atomic mass is 10.2. The summed E-state index contributed by atoms with van der Waals surface area (Å²) in [4.78, 5) is 8.44. The zero-order valence-electron chi connectivity index (χ0n) is 10.1. The predicted molar refractivity (Wildman–Crippen MR) is 87.0 cm³/mol. The molecule has 20 heavy (non-hydrogen) atoms. The van der Waals surface area contributed by atoms with Crippen LogP contribution < -0.4 is 5.32 Å². The number of nitrogens with one attached hydrogen (secondary N) is 1. The van der Waals surface area contributed by atoms with Crippen molar-refractivity contribution in [1.29, 1.82) is 0 Å². The summed E-state index contributed by atoms with van der Waals surface area (Å²) >= 11 is 15.4. The molecule has 0 radical (unpaired) electrons. The molecule has 1 heterocycles. The standard InChI is InChI=1S/C14H8BrCl2N3/c15-10-6-5-8(16)7-12(10)18-13-9-3-1-2-4-11(9)19-14(17)20-13/h1-7H,(H,18,19,20). The number of hydrogen-bond donors (Lipinski definition) is 1. The van der Waals surface area contributed by atoms with Gasteiger partial charge in [0, 0.05) is 14.9 Å². The van der Waals surface area contributed by atoms with Gasteiger partial charge in [-0.1, -0.05) is 23.7 Å². The quantitative estimate of drug-likeness (QED) is 0.611. The Bertz CT molecular complexity index is 792. The van der Waals surface area contributed by atoms with Gasteiger partial charge in [0.25, 0.3) is 0 Å². The Labute approximate surface area is 134 Å². The van der Waals surface area contributed by atoms with E-state index in [1.165, 1.54) is 0 Å². The fraction of sp³-hybridized carbons (Fsp3) is 0. The summed E-state index contributed by atoms with van der Waals surface area (Å²) in [5, 5.41) is 4.96. The number of hydrogen-bond acceptors (Lipinski definition) is 3. The minimum absolute atomic E-state index is 0.198. The number of benzene rings is 2. The monoisotopic (exact) mass is 367 g/mol. The van der Waals surface area contributed by atoms with Crippen molar-refractivity contribution in [3.8, 4) is 0 Å². The van der Waals surface area contributed by atoms with Crippen LogP contribution in [0, 0.1) is 0 Å². The molecule has 3 nitrogen and oxygen atoms in total. The van der Waals surface area contributed by atoms with E-state index in [1.54, 1.807) is 0 Å². The summed E-state index contributed by atoms with van der Waals surface area (Å²) in [6.07, 6.45) is 0. The van der Waals surface area contributed by atoms with E-state index in [4.69, 9.17) is 23.2 Å². The van der Waals surface area contributed by atoms with Crippen LogP contribution in [-0.2, 0) is 0 Å². The third-order valence-corrected chi connectivity index (χ3v) is 3.85. The van der Waals surface area contributed by atoms with Crippen LogP contribution in [0.5, 0.6) is 0 Å². The van der Waals surface area contributed by atoms with Crippen molar-refractivity contribution in [2.75, 3.05) is 5.32 Å². The Kier molecular flexibility index (Phi) is 3.78. The van der Waals surface area contributed by atoms with Crippen LogP contribution in [-0.4, -0.2) is 9.97 Å². The van der Waals surface area contributed by atoms with E-state index in [0.29, 0.717) is 10.8 Å². The highest BCUT2D eigenvalue weighted by molar-refractivity contribution is 9.10. The second-order valence-electron chi connectivity index (χ2n) is 4.11. The van der Waals surface area contributed by atoms with Gasteiger partial charge in [0.15, 0.2) is 0 Å². The maximum Gasteiger partial charge on any atom is 0.224 e. The minimum Gasteiger partial charge on any atom is -0.339 e. The highest BCUT2D eigenvalue weighted by Gasteiger charge is 2.08. The molecule has 0 aliphatic carbocycles. The first kappa shape index (κ1) is 13.6. The summed E-state index contributed by atoms with van der Waals surface area (Å²) < 4.78 is 0.890. The average Bonchev–Trinajstić information content (AvgIpc) is 2.43. The van der Waals surface area contributed by atoms with Gasteiger partial charge >= 0.3 is 0 Å². The van der Waals surface area contributed by atoms with Crippen LogP contribution >= 0.6 is 39.1 Å². The summed E-state index contributed by atoms with van der Waals surface area (Å²) in [6, 6.07) is 13.2. The maximum absolute atomic E-state index is 6.01. The molecule has 1 N–H and O–H groups in total. The van der Waals surface area contributed by atoms with Gasteiger partial charge < -0.3 is 5.32 Å². The summed E-state index contributed by atoms with van der Waals surface area (Å²) in [5.41, 5.74) is 1.60. The molecule has 0 saturated heterocycles. The van der Waals surface area contributed by atoms with Crippen LogP contribution in [0.4, 0.5) is 11.5 Å². The molecule has 100 valence electrons. The molecule has 6 heteroatoms. The van der Waals surface area contributed by atoms with Gasteiger partial charge in [-0.25, -0.2) is 4.98 Å². The molecule has 2 aromatic carbocycles. The Balaban J connectivity index is 2.13. The largest absolute Gasteiger partial charge is 0.339 e. The number of rotatable bonds is 2. The average molecular weight is 369 g/mol. The maximum atomic E-state index is 6.01. The third kappa shape index (κ3) is 2.73. The molecule has 0 spiro atoms. The van der Waals surface area contributed by atoms with Crippen molar-refractivity contribution in [2.24, 2.45) is 0 Å². The van der Waals surface area contributed by atoms with E-state index in [1.807, 2.05) is 42.5 Å². The van der Waals surface area contributed by atoms with E-state index in [0.717, 1.165) is 21.1 Å². The van der Waals surface area contributed by atoms with Crippen LogP contribution in [0.3, 0.4) is 0 Å². The van der Waals surface area contributed by atoms with E-state index in [2.05, 4.69) is 31.2 Å². The minimum atomic E-state index is 0.198. The van der Waals surface area contributed by atoms with Crippen LogP contribution in [0.25, 0.3) is 10.9 Å². The first-order valence-electron chi connectivity index (χ1n) is 5.78. The van der Waals surface area contributed by atoms with Crippen LogP contribution in [0.15, 0.2) is 46.9 Å². The first-order valence-corrected chi connectivity index (χ1v) is 7.33. The van der Waals surface area contributed by atoms with Crippen molar-refractivity contribution in [1.82, 2.24) is 9.97 Å². The van der Waals surface area contributed by atoms with E-state index in [9.17, 15) is 0 Å². The Morgan fingerprint density at radius 3 is 2.65 bits per heavy atom. The number of aromatic nitrogens is 2. The summed E-state index contributed by atoms with van der Waals surface area (Å²) in [7, 11) is 0. The molecule has 0 fully saturated rings. The highest BCUT2D eigenvalue weighted by atomic mass is 79.9. The Hall–Kier alpha value is -1.36. The highest BCUT2D eigenvalue weighted by Crippen LogP contribution is 2.31. The molecule has 0 unspecified atom stereocenters. The molecule has 0 atom stereocenters. The fourth-order valence-corrected chi connectivity index (χ4v) is 2.56. The predicted octanol–water partition coefficient (Wildman–Crippen LogP) is 5.44. The molecular weight excluding hydrogens is 361 g/mol. The Morgan fingerprint density at radius 2 is 1.80 bits per heavy atom. The molecule has 1 aromatic heterocycles. The van der Waals surface area contributed by atoms with Gasteiger partial charge in [-0.15, -0.1) is 0 Å². The zero-order chi connectivity index (χ0) is 14.1. The normalized spacial score (nSPS) is 10.8. The summed E-state index contributed by atoms with van der Waals surface area (Å²) in [6.45, 7) is 0. The molecule has 3 rings (SSSR count). The molecule has 3 aromatic rings. The number of halogens is 3. The van der Waals surface area contributed by atoms with Crippen molar-refractivity contribution >= 4 is 61.5 Å². The van der Waals surface area contributed by atoms with Gasteiger partial charge in [-0.05, 0) is 57.9 Å². The van der Waals surface area contributed by atoms with Crippen LogP contribution in [0.1, 0.15) is 0 Å². The molecular formula is C14H8BrCl2N3. The van der Waals surface area contributed by atoms with Gasteiger partial charge in [0.05, 0.1) is 11.2 Å². The lowest BCUT2D eigenvalue weighted by Crippen LogP contribution is -1.97. The second-order valence-corrected chi connectivity index (χ2v) is 5.74. The zero-order valence-corrected chi connectivity index (χ0v) is 13.2. The van der Waals surface area contributed by atoms with E-state index < -0.39 is 0 Å². The van der Waals surface area contributed by atoms with Gasteiger partial charge in [0.1, 0.15) is 5.82 Å². The van der Waals surface area contributed by atoms with Crippen LogP contribution in [0.2, 0.25) is 10.3 Å². The smallest absolute Gasteiger partial charge is 0.224 e. The van der Waals surface area contributed by atoms with Gasteiger partial charge in [-0.3, -0.25) is 0 Å². The fourth-order valence-electron chi connectivity index (χ4n) is 1.86. The third-order valence-electron chi connectivity index (χ3n) is 2.76. The Morgan fingerprint density at radius 1 is 1.00 bits per heavy atom. The molecule has 0 aliphatic heterocycles. The number of anilines is 2. The first-order chi connectivity index (χ1) is 9.63. The van der Waals surface area contributed by atoms with Gasteiger partial charge in [0.2, 0.25) is 5.28 Å². The second kappa shape index (κ2) is 5.56. The number of fused-ring (bicyclic) bond motifs is 1.